The molecule has 0 unspecified atom stereocenters. The van der Waals surface area contributed by atoms with Crippen molar-refractivity contribution in [2.24, 2.45) is 0 Å². The molecule has 0 saturated heterocycles. The number of para-hydroxylation sites is 1. The topological polar surface area (TPSA) is 43.4 Å². The molecule has 0 N–H and O–H groups in total. The third-order valence-electron chi connectivity index (χ3n) is 2.10. The Hall–Kier alpha value is -1.52. The van der Waals surface area contributed by atoms with E-state index < -0.39 is 10.7 Å². The molecule has 0 bridgehead atoms. The average Bonchev–Trinajstić information content (AvgIpc) is 2.32. The molecular formula is C12H9ClO3S. The van der Waals surface area contributed by atoms with Crippen LogP contribution in [-0.4, -0.2) is 8.42 Å². The van der Waals surface area contributed by atoms with Gasteiger partial charge in [-0.05, 0) is 36.4 Å². The molecule has 88 valence electrons. The van der Waals surface area contributed by atoms with Gasteiger partial charge in [-0.2, -0.15) is 0 Å². The first kappa shape index (κ1) is 12.0. The predicted octanol–water partition coefficient (Wildman–Crippen LogP) is 3.10. The highest BCUT2D eigenvalue weighted by Gasteiger charge is 2.05. The van der Waals surface area contributed by atoms with Gasteiger partial charge < -0.3 is 4.74 Å². The summed E-state index contributed by atoms with van der Waals surface area (Å²) in [6.45, 7) is 0. The van der Waals surface area contributed by atoms with E-state index in [1.54, 1.807) is 42.5 Å². The summed E-state index contributed by atoms with van der Waals surface area (Å²) in [4.78, 5) is 0.164. The molecule has 0 saturated carbocycles. The third-order valence-corrected chi connectivity index (χ3v) is 3.12. The van der Waals surface area contributed by atoms with E-state index in [1.807, 2.05) is 0 Å². The quantitative estimate of drug-likeness (QED) is 0.870. The fourth-order valence-corrected chi connectivity index (χ4v) is 1.96. The summed E-state index contributed by atoms with van der Waals surface area (Å²) in [5.74, 6) is 0.852. The molecule has 5 heteroatoms. The number of hydrogen-bond acceptors (Lipinski definition) is 3. The summed E-state index contributed by atoms with van der Waals surface area (Å²) in [6, 6.07) is 13.2. The third kappa shape index (κ3) is 2.99. The number of ether oxygens (including phenoxy) is 1. The van der Waals surface area contributed by atoms with Crippen LogP contribution in [0, 0.1) is 0 Å². The molecule has 0 aliphatic heterocycles. The maximum Gasteiger partial charge on any atom is 0.171 e. The van der Waals surface area contributed by atoms with Crippen molar-refractivity contribution in [3.8, 4) is 11.5 Å². The molecule has 0 heterocycles. The molecule has 0 aromatic heterocycles. The molecule has 0 fully saturated rings. The predicted molar refractivity (Wildman–Crippen MR) is 66.5 cm³/mol. The Balaban J connectivity index is 2.33. The Labute approximate surface area is 106 Å². The first-order valence-electron chi connectivity index (χ1n) is 4.83. The molecular weight excluding hydrogens is 260 g/mol. The van der Waals surface area contributed by atoms with Crippen molar-refractivity contribution in [3.05, 3.63) is 53.6 Å². The molecule has 0 aliphatic carbocycles. The van der Waals surface area contributed by atoms with E-state index in [0.29, 0.717) is 16.5 Å². The molecule has 17 heavy (non-hydrogen) atoms. The second kappa shape index (κ2) is 5.21. The molecule has 0 spiro atoms. The normalized spacial score (nSPS) is 10.5. The first-order chi connectivity index (χ1) is 8.16. The molecule has 0 radical (unpaired) electrons. The summed E-state index contributed by atoms with van der Waals surface area (Å²) < 4.78 is 27.5. The monoisotopic (exact) mass is 268 g/mol. The summed E-state index contributed by atoms with van der Waals surface area (Å²) >= 11 is 5.74. The molecule has 0 amide bonds. The minimum Gasteiger partial charge on any atom is -0.456 e. The molecule has 2 aromatic carbocycles. The van der Waals surface area contributed by atoms with Gasteiger partial charge in [-0.15, -0.1) is 0 Å². The lowest BCUT2D eigenvalue weighted by Gasteiger charge is -2.07. The largest absolute Gasteiger partial charge is 0.456 e. The van der Waals surface area contributed by atoms with Gasteiger partial charge in [0.05, 0.1) is 0 Å². The lowest BCUT2D eigenvalue weighted by atomic mass is 10.3. The van der Waals surface area contributed by atoms with Crippen molar-refractivity contribution in [1.82, 2.24) is 0 Å². The van der Waals surface area contributed by atoms with Gasteiger partial charge in [-0.1, -0.05) is 23.7 Å². The van der Waals surface area contributed by atoms with E-state index in [-0.39, 0.29) is 4.90 Å². The van der Waals surface area contributed by atoms with Crippen LogP contribution in [0.5, 0.6) is 11.5 Å². The van der Waals surface area contributed by atoms with E-state index in [1.165, 1.54) is 6.07 Å². The Kier molecular flexibility index (Phi) is 3.66. The Morgan fingerprint density at radius 3 is 2.24 bits per heavy atom. The zero-order chi connectivity index (χ0) is 12.3. The minimum absolute atomic E-state index is 0.164. The Bertz CT molecular complexity index is 583. The second-order valence-electron chi connectivity index (χ2n) is 3.28. The van der Waals surface area contributed by atoms with Crippen molar-refractivity contribution < 1.29 is 13.2 Å². The van der Waals surface area contributed by atoms with Gasteiger partial charge in [0, 0.05) is 5.02 Å². The van der Waals surface area contributed by atoms with Gasteiger partial charge in [0.25, 0.3) is 0 Å². The van der Waals surface area contributed by atoms with Crippen molar-refractivity contribution in [2.75, 3.05) is 0 Å². The molecule has 0 atom stereocenters. The number of benzene rings is 2. The van der Waals surface area contributed by atoms with E-state index >= 15 is 0 Å². The highest BCUT2D eigenvalue weighted by atomic mass is 35.5. The van der Waals surface area contributed by atoms with Crippen LogP contribution in [0.15, 0.2) is 53.4 Å². The maximum atomic E-state index is 11.0. The van der Waals surface area contributed by atoms with E-state index in [2.05, 4.69) is 0 Å². The van der Waals surface area contributed by atoms with E-state index in [9.17, 15) is 8.42 Å². The number of rotatable bonds is 3. The summed E-state index contributed by atoms with van der Waals surface area (Å²) in [7, 11) is -2.67. The zero-order valence-corrected chi connectivity index (χ0v) is 10.3. The Morgan fingerprint density at radius 1 is 0.941 bits per heavy atom. The van der Waals surface area contributed by atoms with Crippen molar-refractivity contribution in [1.29, 1.82) is 0 Å². The van der Waals surface area contributed by atoms with Gasteiger partial charge in [-0.3, -0.25) is 0 Å². The number of hydrogen-bond donors (Lipinski definition) is 1. The Morgan fingerprint density at radius 2 is 1.59 bits per heavy atom. The highest BCUT2D eigenvalue weighted by molar-refractivity contribution is 7.72. The maximum absolute atomic E-state index is 11.0. The van der Waals surface area contributed by atoms with Crippen LogP contribution >= 0.6 is 11.6 Å². The highest BCUT2D eigenvalue weighted by Crippen LogP contribution is 2.26. The van der Waals surface area contributed by atoms with Crippen molar-refractivity contribution >= 4 is 22.3 Å². The van der Waals surface area contributed by atoms with Crippen LogP contribution < -0.4 is 4.74 Å². The molecule has 0 aliphatic rings. The van der Waals surface area contributed by atoms with E-state index in [0.717, 1.165) is 0 Å². The van der Waals surface area contributed by atoms with Gasteiger partial charge >= 0.3 is 0 Å². The van der Waals surface area contributed by atoms with Crippen LogP contribution in [0.1, 0.15) is 0 Å². The SMILES string of the molecule is O=[SH](=O)c1ccccc1Oc1ccc(Cl)cc1. The van der Waals surface area contributed by atoms with Gasteiger partial charge in [0.2, 0.25) is 0 Å². The molecule has 2 rings (SSSR count). The second-order valence-corrected chi connectivity index (χ2v) is 4.71. The molecule has 3 nitrogen and oxygen atoms in total. The van der Waals surface area contributed by atoms with Gasteiger partial charge in [-0.25, -0.2) is 8.42 Å². The summed E-state index contributed by atoms with van der Waals surface area (Å²) in [5.41, 5.74) is 0. The smallest absolute Gasteiger partial charge is 0.171 e. The van der Waals surface area contributed by atoms with Crippen LogP contribution in [0.3, 0.4) is 0 Å². The summed E-state index contributed by atoms with van der Waals surface area (Å²) in [6.07, 6.45) is 0. The summed E-state index contributed by atoms with van der Waals surface area (Å²) in [5, 5.41) is 0.598. The van der Waals surface area contributed by atoms with Gasteiger partial charge in [0.15, 0.2) is 10.7 Å². The lowest BCUT2D eigenvalue weighted by Crippen LogP contribution is -1.89. The lowest BCUT2D eigenvalue weighted by molar-refractivity contribution is 0.468. The van der Waals surface area contributed by atoms with Crippen molar-refractivity contribution in [3.63, 3.8) is 0 Å². The average molecular weight is 269 g/mol. The van der Waals surface area contributed by atoms with Crippen LogP contribution in [0.2, 0.25) is 5.02 Å². The fraction of sp³-hybridized carbons (Fsp3) is 0. The molecule has 2 aromatic rings. The van der Waals surface area contributed by atoms with Gasteiger partial charge in [0.1, 0.15) is 16.4 Å². The number of halogens is 1. The van der Waals surface area contributed by atoms with Crippen LogP contribution in [0.25, 0.3) is 0 Å². The number of thiol groups is 1. The fourth-order valence-electron chi connectivity index (χ4n) is 1.32. The first-order valence-corrected chi connectivity index (χ1v) is 6.39. The standard InChI is InChI=1S/C12H9ClO3S/c13-9-5-7-10(8-6-9)16-11-3-1-2-4-12(11)17(14)15/h1-8,17H. The van der Waals surface area contributed by atoms with Crippen LogP contribution in [0.4, 0.5) is 0 Å². The zero-order valence-electron chi connectivity index (χ0n) is 8.67. The van der Waals surface area contributed by atoms with Crippen LogP contribution in [-0.2, 0) is 10.7 Å². The van der Waals surface area contributed by atoms with Crippen molar-refractivity contribution in [2.45, 2.75) is 4.90 Å². The van der Waals surface area contributed by atoms with E-state index in [4.69, 9.17) is 16.3 Å². The minimum atomic E-state index is -2.67.